The van der Waals surface area contributed by atoms with E-state index in [0.29, 0.717) is 19.4 Å². The summed E-state index contributed by atoms with van der Waals surface area (Å²) < 4.78 is 10.5. The Labute approximate surface area is 82.2 Å². The summed E-state index contributed by atoms with van der Waals surface area (Å²) in [7, 11) is 1.52. The van der Waals surface area contributed by atoms with Crippen molar-refractivity contribution in [1.29, 1.82) is 0 Å². The van der Waals surface area contributed by atoms with E-state index in [4.69, 9.17) is 9.47 Å². The molecule has 1 aliphatic rings. The smallest absolute Gasteiger partial charge is 0.294 e. The van der Waals surface area contributed by atoms with Crippen LogP contribution in [0.15, 0.2) is 0 Å². The van der Waals surface area contributed by atoms with Gasteiger partial charge in [-0.05, 0) is 6.92 Å². The number of methoxy groups -OCH3 is 1. The lowest BCUT2D eigenvalue weighted by Gasteiger charge is -2.14. The van der Waals surface area contributed by atoms with Crippen molar-refractivity contribution in [2.75, 3.05) is 13.7 Å². The van der Waals surface area contributed by atoms with E-state index in [9.17, 15) is 10.1 Å². The average Bonchev–Trinajstić information content (AvgIpc) is 2.47. The van der Waals surface area contributed by atoms with Crippen LogP contribution >= 0.6 is 0 Å². The van der Waals surface area contributed by atoms with E-state index in [1.165, 1.54) is 7.11 Å². The lowest BCUT2D eigenvalue weighted by molar-refractivity contribution is -0.770. The molecule has 0 amide bonds. The zero-order valence-electron chi connectivity index (χ0n) is 8.34. The van der Waals surface area contributed by atoms with E-state index in [2.05, 4.69) is 4.84 Å². The zero-order chi connectivity index (χ0) is 10.6. The van der Waals surface area contributed by atoms with Crippen molar-refractivity contribution in [2.24, 2.45) is 0 Å². The summed E-state index contributed by atoms with van der Waals surface area (Å²) in [6, 6.07) is 0. The van der Waals surface area contributed by atoms with Crippen LogP contribution < -0.4 is 0 Å². The van der Waals surface area contributed by atoms with Crippen LogP contribution in [0, 0.1) is 10.1 Å². The molecule has 0 aromatic heterocycles. The SMILES string of the molecule is CCOC1CC(OC)C(O[N+](=O)[O-])C1. The fraction of sp³-hybridized carbons (Fsp3) is 1.00. The molecule has 0 aromatic carbocycles. The monoisotopic (exact) mass is 205 g/mol. The zero-order valence-corrected chi connectivity index (χ0v) is 8.34. The molecule has 1 rings (SSSR count). The van der Waals surface area contributed by atoms with Gasteiger partial charge in [0.2, 0.25) is 0 Å². The first-order valence-corrected chi connectivity index (χ1v) is 4.63. The predicted octanol–water partition coefficient (Wildman–Crippen LogP) is 0.777. The molecular formula is C8H15NO5. The second kappa shape index (κ2) is 5.11. The summed E-state index contributed by atoms with van der Waals surface area (Å²) in [6.45, 7) is 2.50. The molecule has 0 spiro atoms. The minimum absolute atomic E-state index is 0.00917. The van der Waals surface area contributed by atoms with E-state index in [-0.39, 0.29) is 12.2 Å². The van der Waals surface area contributed by atoms with Crippen molar-refractivity contribution in [1.82, 2.24) is 0 Å². The van der Waals surface area contributed by atoms with Crippen molar-refractivity contribution >= 4 is 0 Å². The van der Waals surface area contributed by atoms with Gasteiger partial charge in [0.25, 0.3) is 5.09 Å². The largest absolute Gasteiger partial charge is 0.379 e. The van der Waals surface area contributed by atoms with Gasteiger partial charge in [-0.3, -0.25) is 0 Å². The highest BCUT2D eigenvalue weighted by atomic mass is 17.0. The second-order valence-electron chi connectivity index (χ2n) is 3.19. The second-order valence-corrected chi connectivity index (χ2v) is 3.19. The van der Waals surface area contributed by atoms with Gasteiger partial charge < -0.3 is 14.3 Å². The van der Waals surface area contributed by atoms with Crippen LogP contribution in [0.5, 0.6) is 0 Å². The van der Waals surface area contributed by atoms with Crippen LogP contribution in [0.4, 0.5) is 0 Å². The van der Waals surface area contributed by atoms with Crippen molar-refractivity contribution < 1.29 is 19.4 Å². The highest BCUT2D eigenvalue weighted by molar-refractivity contribution is 4.85. The Bertz CT molecular complexity index is 198. The van der Waals surface area contributed by atoms with Crippen LogP contribution in [0.1, 0.15) is 19.8 Å². The standard InChI is InChI=1S/C8H15NO5/c1-3-13-6-4-7(12-2)8(5-6)14-9(10)11/h6-8H,3-5H2,1-2H3. The first kappa shape index (κ1) is 11.2. The minimum Gasteiger partial charge on any atom is -0.379 e. The molecule has 1 saturated carbocycles. The van der Waals surface area contributed by atoms with Gasteiger partial charge in [-0.15, -0.1) is 10.1 Å². The van der Waals surface area contributed by atoms with Crippen molar-refractivity contribution in [2.45, 2.75) is 38.1 Å². The topological polar surface area (TPSA) is 70.8 Å². The third-order valence-electron chi connectivity index (χ3n) is 2.33. The fourth-order valence-electron chi connectivity index (χ4n) is 1.76. The number of ether oxygens (including phenoxy) is 2. The van der Waals surface area contributed by atoms with Crippen molar-refractivity contribution in [3.8, 4) is 0 Å². The molecule has 0 aromatic rings. The predicted molar refractivity (Wildman–Crippen MR) is 47.3 cm³/mol. The van der Waals surface area contributed by atoms with E-state index in [1.54, 1.807) is 0 Å². The molecule has 6 heteroatoms. The quantitative estimate of drug-likeness (QED) is 0.490. The first-order valence-electron chi connectivity index (χ1n) is 4.63. The van der Waals surface area contributed by atoms with Gasteiger partial charge in [0.1, 0.15) is 6.10 Å². The van der Waals surface area contributed by atoms with Crippen molar-refractivity contribution in [3.63, 3.8) is 0 Å². The Hall–Kier alpha value is -0.880. The number of hydrogen-bond acceptors (Lipinski definition) is 5. The minimum atomic E-state index is -0.773. The summed E-state index contributed by atoms with van der Waals surface area (Å²) in [5.41, 5.74) is 0. The molecule has 1 aliphatic carbocycles. The summed E-state index contributed by atoms with van der Waals surface area (Å²) in [5.74, 6) is 0. The van der Waals surface area contributed by atoms with Crippen LogP contribution in [0.2, 0.25) is 0 Å². The molecule has 0 heterocycles. The molecule has 0 N–H and O–H groups in total. The van der Waals surface area contributed by atoms with Crippen LogP contribution in [0.25, 0.3) is 0 Å². The maximum atomic E-state index is 10.2. The van der Waals surface area contributed by atoms with Crippen LogP contribution in [0.3, 0.4) is 0 Å². The summed E-state index contributed by atoms with van der Waals surface area (Å²) in [4.78, 5) is 14.7. The third-order valence-corrected chi connectivity index (χ3v) is 2.33. The maximum absolute atomic E-state index is 10.2. The Kier molecular flexibility index (Phi) is 4.09. The molecule has 6 nitrogen and oxygen atoms in total. The lowest BCUT2D eigenvalue weighted by atomic mass is 10.3. The molecule has 0 aliphatic heterocycles. The van der Waals surface area contributed by atoms with E-state index in [1.807, 2.05) is 6.92 Å². The Balaban J connectivity index is 2.44. The van der Waals surface area contributed by atoms with Gasteiger partial charge in [-0.1, -0.05) is 0 Å². The van der Waals surface area contributed by atoms with Crippen LogP contribution in [-0.4, -0.2) is 37.1 Å². The van der Waals surface area contributed by atoms with E-state index in [0.717, 1.165) is 0 Å². The summed E-state index contributed by atoms with van der Waals surface area (Å²) in [5, 5.41) is 9.40. The summed E-state index contributed by atoms with van der Waals surface area (Å²) in [6.07, 6.45) is 0.453. The number of nitrogens with zero attached hydrogens (tertiary/aromatic N) is 1. The third kappa shape index (κ3) is 2.81. The average molecular weight is 205 g/mol. The molecule has 0 saturated heterocycles. The Morgan fingerprint density at radius 1 is 1.43 bits per heavy atom. The molecule has 1 fully saturated rings. The van der Waals surface area contributed by atoms with Gasteiger partial charge in [-0.2, -0.15) is 0 Å². The Morgan fingerprint density at radius 2 is 2.07 bits per heavy atom. The lowest BCUT2D eigenvalue weighted by Crippen LogP contribution is -2.27. The van der Waals surface area contributed by atoms with Gasteiger partial charge in [0, 0.05) is 26.6 Å². The van der Waals surface area contributed by atoms with Gasteiger partial charge in [-0.25, -0.2) is 0 Å². The molecule has 3 atom stereocenters. The van der Waals surface area contributed by atoms with Gasteiger partial charge in [0.15, 0.2) is 0 Å². The van der Waals surface area contributed by atoms with Crippen LogP contribution in [-0.2, 0) is 14.3 Å². The maximum Gasteiger partial charge on any atom is 0.294 e. The van der Waals surface area contributed by atoms with Gasteiger partial charge >= 0.3 is 0 Å². The first-order chi connectivity index (χ1) is 6.67. The highest BCUT2D eigenvalue weighted by Gasteiger charge is 2.37. The fourth-order valence-corrected chi connectivity index (χ4v) is 1.76. The summed E-state index contributed by atoms with van der Waals surface area (Å²) >= 11 is 0. The molecule has 0 bridgehead atoms. The number of rotatable bonds is 5. The molecule has 0 radical (unpaired) electrons. The number of hydrogen-bond donors (Lipinski definition) is 0. The molecule has 3 unspecified atom stereocenters. The van der Waals surface area contributed by atoms with E-state index < -0.39 is 11.2 Å². The Morgan fingerprint density at radius 3 is 2.57 bits per heavy atom. The van der Waals surface area contributed by atoms with E-state index >= 15 is 0 Å². The normalized spacial score (nSPS) is 31.7. The molecule has 82 valence electrons. The highest BCUT2D eigenvalue weighted by Crippen LogP contribution is 2.27. The molecule has 14 heavy (non-hydrogen) atoms. The molecular weight excluding hydrogens is 190 g/mol. The van der Waals surface area contributed by atoms with Crippen molar-refractivity contribution in [3.05, 3.63) is 10.1 Å². The van der Waals surface area contributed by atoms with Gasteiger partial charge in [0.05, 0.1) is 12.2 Å².